The summed E-state index contributed by atoms with van der Waals surface area (Å²) in [6, 6.07) is 3.43. The van der Waals surface area contributed by atoms with E-state index in [-0.39, 0.29) is 28.7 Å². The topological polar surface area (TPSA) is 96.5 Å². The lowest BCUT2D eigenvalue weighted by atomic mass is 9.43. The maximum atomic E-state index is 12.4. The van der Waals surface area contributed by atoms with Crippen molar-refractivity contribution in [3.05, 3.63) is 34.6 Å². The highest BCUT2D eigenvalue weighted by atomic mass is 16.4. The highest BCUT2D eigenvalue weighted by Gasteiger charge is 2.63. The summed E-state index contributed by atoms with van der Waals surface area (Å²) in [5, 5.41) is 22.5. The third-order valence-electron chi connectivity index (χ3n) is 11.8. The van der Waals surface area contributed by atoms with E-state index in [9.17, 15) is 15.0 Å². The molecule has 0 saturated heterocycles. The van der Waals surface area contributed by atoms with Crippen molar-refractivity contribution in [3.8, 4) is 0 Å². The Bertz CT molecular complexity index is 1180. The zero-order valence-corrected chi connectivity index (χ0v) is 22.0. The summed E-state index contributed by atoms with van der Waals surface area (Å²) in [6.07, 6.45) is 11.5. The first-order valence-corrected chi connectivity index (χ1v) is 14.3. The number of aryl methyl sites for hydroxylation is 1. The summed E-state index contributed by atoms with van der Waals surface area (Å²) >= 11 is 0. The van der Waals surface area contributed by atoms with Crippen LogP contribution in [0.15, 0.2) is 27.5 Å². The third-order valence-corrected chi connectivity index (χ3v) is 11.8. The maximum absolute atomic E-state index is 12.4. The molecule has 4 saturated carbocycles. The molecule has 2 heterocycles. The van der Waals surface area contributed by atoms with Gasteiger partial charge in [-0.1, -0.05) is 20.8 Å². The van der Waals surface area contributed by atoms with E-state index >= 15 is 0 Å². The zero-order chi connectivity index (χ0) is 25.2. The van der Waals surface area contributed by atoms with Gasteiger partial charge in [0.1, 0.15) is 5.39 Å². The molecule has 2 aromatic rings. The van der Waals surface area contributed by atoms with E-state index in [0.29, 0.717) is 58.9 Å². The van der Waals surface area contributed by atoms with Gasteiger partial charge in [-0.2, -0.15) is 4.98 Å². The molecule has 4 aliphatic carbocycles. The Morgan fingerprint density at radius 3 is 2.78 bits per heavy atom. The van der Waals surface area contributed by atoms with Gasteiger partial charge in [0.2, 0.25) is 5.89 Å². The lowest BCUT2D eigenvalue weighted by Crippen LogP contribution is -2.58. The van der Waals surface area contributed by atoms with Crippen LogP contribution in [0, 0.1) is 46.3 Å². The number of hydrogen-bond acceptors (Lipinski definition) is 6. The Kier molecular flexibility index (Phi) is 6.07. The van der Waals surface area contributed by atoms with Crippen LogP contribution >= 0.6 is 0 Å². The van der Waals surface area contributed by atoms with Gasteiger partial charge >= 0.3 is 5.63 Å². The van der Waals surface area contributed by atoms with E-state index < -0.39 is 0 Å². The minimum absolute atomic E-state index is 0.0584. The van der Waals surface area contributed by atoms with Crippen LogP contribution in [0.1, 0.15) is 84.4 Å². The molecule has 2 aromatic heterocycles. The van der Waals surface area contributed by atoms with Crippen molar-refractivity contribution in [3.63, 3.8) is 0 Å². The minimum atomic E-state index is -0.364. The molecule has 4 fully saturated rings. The third kappa shape index (κ3) is 3.69. The Balaban J connectivity index is 1.19. The number of aliphatic hydroxyl groups is 2. The summed E-state index contributed by atoms with van der Waals surface area (Å²) in [5.74, 6) is 3.79. The number of aliphatic hydroxyl groups excluding tert-OH is 2. The molecule has 4 aliphatic rings. The molecule has 0 amide bonds. The molecule has 6 heteroatoms. The number of nitrogens with zero attached hydrogens (tertiary/aromatic N) is 2. The van der Waals surface area contributed by atoms with E-state index in [1.54, 1.807) is 18.3 Å². The smallest absolute Gasteiger partial charge is 0.348 e. The molecule has 6 rings (SSSR count). The van der Waals surface area contributed by atoms with Crippen LogP contribution in [0.3, 0.4) is 0 Å². The normalized spacial score (nSPS) is 43.0. The predicted molar refractivity (Wildman–Crippen MR) is 138 cm³/mol. The first-order valence-electron chi connectivity index (χ1n) is 14.3. The Hall–Kier alpha value is -1.79. The van der Waals surface area contributed by atoms with Crippen LogP contribution in [0.2, 0.25) is 0 Å². The Morgan fingerprint density at radius 2 is 1.94 bits per heavy atom. The quantitative estimate of drug-likeness (QED) is 0.611. The summed E-state index contributed by atoms with van der Waals surface area (Å²) in [4.78, 5) is 21.1. The molecule has 10 atom stereocenters. The van der Waals surface area contributed by atoms with Crippen molar-refractivity contribution in [2.75, 3.05) is 0 Å². The fraction of sp³-hybridized carbons (Fsp3) is 0.767. The van der Waals surface area contributed by atoms with Crippen molar-refractivity contribution in [1.29, 1.82) is 0 Å². The van der Waals surface area contributed by atoms with Crippen LogP contribution in [0.25, 0.3) is 11.0 Å². The van der Waals surface area contributed by atoms with Gasteiger partial charge in [-0.25, -0.2) is 9.78 Å². The van der Waals surface area contributed by atoms with Gasteiger partial charge in [0, 0.05) is 12.6 Å². The molecule has 0 bridgehead atoms. The SMILES string of the molecule is C[C@H](CCc1nc2ncccc2c(=O)o1)[C@H]1CC[C@H]2[C@@H]3CC[C@@H]4C[C@H](O)CC[C@]4(C)C3C[C@H](O)[C@]12C. The van der Waals surface area contributed by atoms with Gasteiger partial charge in [0.25, 0.3) is 0 Å². The molecule has 196 valence electrons. The molecule has 0 spiro atoms. The van der Waals surface area contributed by atoms with Crippen molar-refractivity contribution in [2.24, 2.45) is 46.3 Å². The van der Waals surface area contributed by atoms with Crippen LogP contribution in [-0.4, -0.2) is 32.4 Å². The lowest BCUT2D eigenvalue weighted by molar-refractivity contribution is -0.174. The fourth-order valence-electron chi connectivity index (χ4n) is 9.77. The number of fused-ring (bicyclic) bond motifs is 6. The molecule has 0 aliphatic heterocycles. The second-order valence-corrected chi connectivity index (χ2v) is 13.2. The van der Waals surface area contributed by atoms with E-state index in [1.807, 2.05) is 0 Å². The summed E-state index contributed by atoms with van der Waals surface area (Å²) in [6.45, 7) is 7.17. The molecular formula is C30H42N2O4. The molecule has 0 aromatic carbocycles. The lowest BCUT2D eigenvalue weighted by Gasteiger charge is -2.62. The average molecular weight is 495 g/mol. The summed E-state index contributed by atoms with van der Waals surface area (Å²) in [7, 11) is 0. The summed E-state index contributed by atoms with van der Waals surface area (Å²) in [5.41, 5.74) is 0.299. The van der Waals surface area contributed by atoms with Gasteiger partial charge in [-0.3, -0.25) is 0 Å². The largest absolute Gasteiger partial charge is 0.408 e. The molecule has 6 nitrogen and oxygen atoms in total. The summed E-state index contributed by atoms with van der Waals surface area (Å²) < 4.78 is 5.52. The van der Waals surface area contributed by atoms with Crippen LogP contribution in [0.5, 0.6) is 0 Å². The van der Waals surface area contributed by atoms with Gasteiger partial charge in [0.05, 0.1) is 12.2 Å². The molecule has 36 heavy (non-hydrogen) atoms. The molecular weight excluding hydrogens is 452 g/mol. The van der Waals surface area contributed by atoms with Gasteiger partial charge in [-0.05, 0) is 116 Å². The highest BCUT2D eigenvalue weighted by molar-refractivity contribution is 5.72. The van der Waals surface area contributed by atoms with E-state index in [0.717, 1.165) is 38.5 Å². The van der Waals surface area contributed by atoms with Crippen LogP contribution in [0.4, 0.5) is 0 Å². The van der Waals surface area contributed by atoms with Gasteiger partial charge in [0.15, 0.2) is 5.65 Å². The monoisotopic (exact) mass is 494 g/mol. The van der Waals surface area contributed by atoms with E-state index in [2.05, 4.69) is 30.7 Å². The minimum Gasteiger partial charge on any atom is -0.408 e. The second-order valence-electron chi connectivity index (χ2n) is 13.2. The predicted octanol–water partition coefficient (Wildman–Crippen LogP) is 5.14. The second kappa shape index (κ2) is 8.90. The first kappa shape index (κ1) is 24.5. The van der Waals surface area contributed by atoms with Gasteiger partial charge in [-0.15, -0.1) is 0 Å². The van der Waals surface area contributed by atoms with Crippen molar-refractivity contribution >= 4 is 11.0 Å². The first-order chi connectivity index (χ1) is 17.2. The molecule has 2 N–H and O–H groups in total. The van der Waals surface area contributed by atoms with Crippen LogP contribution in [-0.2, 0) is 6.42 Å². The fourth-order valence-corrected chi connectivity index (χ4v) is 9.77. The van der Waals surface area contributed by atoms with Crippen molar-refractivity contribution in [2.45, 2.75) is 97.2 Å². The van der Waals surface area contributed by atoms with Crippen LogP contribution < -0.4 is 5.63 Å². The number of rotatable bonds is 4. The Morgan fingerprint density at radius 1 is 1.11 bits per heavy atom. The highest BCUT2D eigenvalue weighted by Crippen LogP contribution is 2.68. The van der Waals surface area contributed by atoms with E-state index in [1.165, 1.54) is 19.3 Å². The van der Waals surface area contributed by atoms with Gasteiger partial charge < -0.3 is 14.6 Å². The average Bonchev–Trinajstić information content (AvgIpc) is 3.22. The number of aromatic nitrogens is 2. The molecule has 1 unspecified atom stereocenters. The molecule has 0 radical (unpaired) electrons. The number of pyridine rings is 1. The number of hydrogen-bond donors (Lipinski definition) is 2. The van der Waals surface area contributed by atoms with Crippen molar-refractivity contribution in [1.82, 2.24) is 9.97 Å². The van der Waals surface area contributed by atoms with Crippen molar-refractivity contribution < 1.29 is 14.6 Å². The standard InChI is InChI=1S/C30H42N2O4/c1-17(6-11-26-32-27-21(28(35)36-26)5-4-14-31-27)22-9-10-23-20-8-7-18-15-19(33)12-13-29(18,2)24(20)16-25(34)30(22,23)3/h4-5,14,17-20,22-25,33-34H,6-13,15-16H2,1-3H3/t17-,18-,19-,20+,22-,23+,24?,25+,29+,30-/m1/s1. The zero-order valence-electron chi connectivity index (χ0n) is 22.0. The van der Waals surface area contributed by atoms with E-state index in [4.69, 9.17) is 4.42 Å². The Labute approximate surface area is 213 Å². The maximum Gasteiger partial charge on any atom is 0.348 e.